The maximum atomic E-state index is 12.4. The molecule has 1 aliphatic rings. The summed E-state index contributed by atoms with van der Waals surface area (Å²) in [6.45, 7) is 0.00879. The van der Waals surface area contributed by atoms with Crippen LogP contribution in [0.2, 0.25) is 0 Å². The van der Waals surface area contributed by atoms with E-state index < -0.39 is 11.7 Å². The number of nitrogens with one attached hydrogen (secondary N) is 2. The normalized spacial score (nSPS) is 16.5. The number of rotatable bonds is 4. The molecule has 4 nitrogen and oxygen atoms in total. The molecule has 1 aliphatic carbocycles. The van der Waals surface area contributed by atoms with Gasteiger partial charge in [0.05, 0.1) is 12.1 Å². The first kappa shape index (κ1) is 15.6. The topological polar surface area (TPSA) is 54.0 Å². The number of amides is 1. The smallest absolute Gasteiger partial charge is 0.361 e. The lowest BCUT2D eigenvalue weighted by Crippen LogP contribution is -2.39. The Morgan fingerprint density at radius 2 is 1.95 bits per heavy atom. The number of hydrogen-bond donors (Lipinski definition) is 2. The van der Waals surface area contributed by atoms with Gasteiger partial charge >= 0.3 is 6.18 Å². The number of halogens is 3. The zero-order valence-electron chi connectivity index (χ0n) is 11.5. The standard InChI is InChI=1S/C14H18F3N3O/c15-14(16,17)10-6-7-12(18-8-10)19-9-13(21)20-11-4-2-1-3-5-11/h6-8,11H,1-5,9H2,(H,18,19)(H,20,21). The minimum atomic E-state index is -4.40. The summed E-state index contributed by atoms with van der Waals surface area (Å²) in [5.41, 5.74) is -0.806. The number of anilines is 1. The van der Waals surface area contributed by atoms with Gasteiger partial charge in [-0.05, 0) is 25.0 Å². The van der Waals surface area contributed by atoms with Crippen molar-refractivity contribution in [1.29, 1.82) is 0 Å². The predicted molar refractivity (Wildman–Crippen MR) is 72.7 cm³/mol. The SMILES string of the molecule is O=C(CNc1ccc(C(F)(F)F)cn1)NC1CCCCC1. The van der Waals surface area contributed by atoms with Crippen LogP contribution in [0.25, 0.3) is 0 Å². The number of pyridine rings is 1. The molecular weight excluding hydrogens is 283 g/mol. The molecule has 1 fully saturated rings. The number of carbonyl (C=O) groups excluding carboxylic acids is 1. The molecule has 1 aromatic heterocycles. The molecule has 0 atom stereocenters. The molecule has 0 unspecified atom stereocenters. The Labute approximate surface area is 121 Å². The van der Waals surface area contributed by atoms with Gasteiger partial charge in [0.25, 0.3) is 0 Å². The second kappa shape index (κ2) is 6.78. The maximum absolute atomic E-state index is 12.4. The first-order chi connectivity index (χ1) is 9.95. The highest BCUT2D eigenvalue weighted by molar-refractivity contribution is 5.80. The number of nitrogens with zero attached hydrogens (tertiary/aromatic N) is 1. The largest absolute Gasteiger partial charge is 0.417 e. The van der Waals surface area contributed by atoms with Crippen molar-refractivity contribution in [3.63, 3.8) is 0 Å². The van der Waals surface area contributed by atoms with E-state index in [9.17, 15) is 18.0 Å². The van der Waals surface area contributed by atoms with Crippen molar-refractivity contribution in [3.8, 4) is 0 Å². The van der Waals surface area contributed by atoms with Gasteiger partial charge in [0.2, 0.25) is 5.91 Å². The highest BCUT2D eigenvalue weighted by Crippen LogP contribution is 2.28. The van der Waals surface area contributed by atoms with Crippen molar-refractivity contribution in [1.82, 2.24) is 10.3 Å². The van der Waals surface area contributed by atoms with Crippen molar-refractivity contribution in [2.24, 2.45) is 0 Å². The van der Waals surface area contributed by atoms with Crippen molar-refractivity contribution < 1.29 is 18.0 Å². The van der Waals surface area contributed by atoms with Crippen LogP contribution in [0, 0.1) is 0 Å². The minimum Gasteiger partial charge on any atom is -0.361 e. The van der Waals surface area contributed by atoms with Crippen LogP contribution < -0.4 is 10.6 Å². The summed E-state index contributed by atoms with van der Waals surface area (Å²) in [4.78, 5) is 15.4. The van der Waals surface area contributed by atoms with Gasteiger partial charge in [0, 0.05) is 12.2 Å². The molecule has 0 saturated heterocycles. The van der Waals surface area contributed by atoms with E-state index in [1.54, 1.807) is 0 Å². The summed E-state index contributed by atoms with van der Waals surface area (Å²) in [7, 11) is 0. The Bertz CT molecular complexity index is 467. The van der Waals surface area contributed by atoms with Crippen LogP contribution >= 0.6 is 0 Å². The van der Waals surface area contributed by atoms with Gasteiger partial charge < -0.3 is 10.6 Å². The van der Waals surface area contributed by atoms with Gasteiger partial charge in [-0.15, -0.1) is 0 Å². The van der Waals surface area contributed by atoms with Crippen molar-refractivity contribution in [3.05, 3.63) is 23.9 Å². The van der Waals surface area contributed by atoms with Crippen molar-refractivity contribution in [2.75, 3.05) is 11.9 Å². The summed E-state index contributed by atoms with van der Waals surface area (Å²) >= 11 is 0. The Hall–Kier alpha value is -1.79. The number of alkyl halides is 3. The fraction of sp³-hybridized carbons (Fsp3) is 0.571. The molecule has 7 heteroatoms. The second-order valence-corrected chi connectivity index (χ2v) is 5.19. The van der Waals surface area contributed by atoms with Gasteiger partial charge in [-0.25, -0.2) is 4.98 Å². The summed E-state index contributed by atoms with van der Waals surface area (Å²) in [5.74, 6) is 0.0883. The number of aromatic nitrogens is 1. The molecule has 2 N–H and O–H groups in total. The fourth-order valence-electron chi connectivity index (χ4n) is 2.36. The van der Waals surface area contributed by atoms with Gasteiger partial charge in [-0.1, -0.05) is 19.3 Å². The number of carbonyl (C=O) groups is 1. The van der Waals surface area contributed by atoms with Gasteiger partial charge in [0.15, 0.2) is 0 Å². The molecule has 1 aromatic rings. The molecule has 0 radical (unpaired) electrons. The molecule has 0 spiro atoms. The monoisotopic (exact) mass is 301 g/mol. The van der Waals surface area contributed by atoms with Gasteiger partial charge in [0.1, 0.15) is 5.82 Å². The van der Waals surface area contributed by atoms with E-state index in [1.807, 2.05) is 0 Å². The third-order valence-electron chi connectivity index (χ3n) is 3.49. The van der Waals surface area contributed by atoms with Crippen LogP contribution in [0.3, 0.4) is 0 Å². The van der Waals surface area contributed by atoms with Crippen LogP contribution in [-0.4, -0.2) is 23.5 Å². The Morgan fingerprint density at radius 3 is 2.52 bits per heavy atom. The van der Waals surface area contributed by atoms with Crippen LogP contribution in [-0.2, 0) is 11.0 Å². The Balaban J connectivity index is 1.78. The molecule has 21 heavy (non-hydrogen) atoms. The average molecular weight is 301 g/mol. The van der Waals surface area contributed by atoms with Crippen molar-refractivity contribution >= 4 is 11.7 Å². The van der Waals surface area contributed by atoms with Crippen LogP contribution in [0.1, 0.15) is 37.7 Å². The summed E-state index contributed by atoms with van der Waals surface area (Å²) < 4.78 is 37.1. The lowest BCUT2D eigenvalue weighted by molar-refractivity contribution is -0.137. The zero-order chi connectivity index (χ0) is 15.3. The van der Waals surface area contributed by atoms with E-state index in [0.717, 1.165) is 37.9 Å². The number of hydrogen-bond acceptors (Lipinski definition) is 3. The summed E-state index contributed by atoms with van der Waals surface area (Å²) in [6.07, 6.45) is 1.79. The van der Waals surface area contributed by atoms with E-state index in [2.05, 4.69) is 15.6 Å². The quantitative estimate of drug-likeness (QED) is 0.899. The molecule has 0 bridgehead atoms. The van der Waals surface area contributed by atoms with Crippen molar-refractivity contribution in [2.45, 2.75) is 44.3 Å². The maximum Gasteiger partial charge on any atom is 0.417 e. The van der Waals surface area contributed by atoms with E-state index >= 15 is 0 Å². The van der Waals surface area contributed by atoms with Crippen LogP contribution in [0.4, 0.5) is 19.0 Å². The van der Waals surface area contributed by atoms with Gasteiger partial charge in [-0.3, -0.25) is 4.79 Å². The molecule has 0 aromatic carbocycles. The Kier molecular flexibility index (Phi) is 5.03. The van der Waals surface area contributed by atoms with Gasteiger partial charge in [-0.2, -0.15) is 13.2 Å². The summed E-state index contributed by atoms with van der Waals surface area (Å²) in [5, 5.41) is 5.64. The van der Waals surface area contributed by atoms with E-state index in [0.29, 0.717) is 0 Å². The Morgan fingerprint density at radius 1 is 1.24 bits per heavy atom. The first-order valence-electron chi connectivity index (χ1n) is 7.01. The van der Waals surface area contributed by atoms with Crippen LogP contribution in [0.5, 0.6) is 0 Å². The highest BCUT2D eigenvalue weighted by Gasteiger charge is 2.30. The molecule has 2 rings (SSSR count). The average Bonchev–Trinajstić information content (AvgIpc) is 2.46. The summed E-state index contributed by atoms with van der Waals surface area (Å²) in [6, 6.07) is 2.37. The van der Waals surface area contributed by atoms with Crippen LogP contribution in [0.15, 0.2) is 18.3 Å². The second-order valence-electron chi connectivity index (χ2n) is 5.19. The zero-order valence-corrected chi connectivity index (χ0v) is 11.5. The first-order valence-corrected chi connectivity index (χ1v) is 7.01. The molecule has 1 saturated carbocycles. The van der Waals surface area contributed by atoms with E-state index in [4.69, 9.17) is 0 Å². The lowest BCUT2D eigenvalue weighted by Gasteiger charge is -2.22. The highest BCUT2D eigenvalue weighted by atomic mass is 19.4. The lowest BCUT2D eigenvalue weighted by atomic mass is 9.95. The van der Waals surface area contributed by atoms with E-state index in [-0.39, 0.29) is 24.3 Å². The molecular formula is C14H18F3N3O. The minimum absolute atomic E-state index is 0.00879. The third-order valence-corrected chi connectivity index (χ3v) is 3.49. The van der Waals surface area contributed by atoms with E-state index in [1.165, 1.54) is 12.5 Å². The molecule has 0 aliphatic heterocycles. The molecule has 1 heterocycles. The fourth-order valence-corrected chi connectivity index (χ4v) is 2.36. The predicted octanol–water partition coefficient (Wildman–Crippen LogP) is 2.96. The third kappa shape index (κ3) is 4.91. The molecule has 116 valence electrons. The molecule has 1 amide bonds.